The van der Waals surface area contributed by atoms with Crippen LogP contribution in [-0.4, -0.2) is 6.61 Å². The average molecular weight is 356 g/mol. The SMILES string of the molecule is Fc1cccc(Cl)c1CC(Br)c1ccc2c(c1)CCO2. The van der Waals surface area contributed by atoms with Crippen molar-refractivity contribution < 1.29 is 9.13 Å². The van der Waals surface area contributed by atoms with E-state index < -0.39 is 0 Å². The molecule has 0 spiro atoms. The Balaban J connectivity index is 1.84. The number of ether oxygens (including phenoxy) is 1. The van der Waals surface area contributed by atoms with Gasteiger partial charge in [-0.2, -0.15) is 0 Å². The third kappa shape index (κ3) is 2.70. The van der Waals surface area contributed by atoms with Crippen LogP contribution >= 0.6 is 27.5 Å². The van der Waals surface area contributed by atoms with Crippen LogP contribution in [0.4, 0.5) is 4.39 Å². The van der Waals surface area contributed by atoms with E-state index >= 15 is 0 Å². The molecule has 0 radical (unpaired) electrons. The van der Waals surface area contributed by atoms with Crippen LogP contribution in [0.1, 0.15) is 21.5 Å². The van der Waals surface area contributed by atoms with Gasteiger partial charge in [0.05, 0.1) is 6.61 Å². The minimum atomic E-state index is -0.258. The summed E-state index contributed by atoms with van der Waals surface area (Å²) < 4.78 is 19.3. The monoisotopic (exact) mass is 354 g/mol. The first-order chi connectivity index (χ1) is 9.65. The molecular weight excluding hydrogens is 343 g/mol. The number of fused-ring (bicyclic) bond motifs is 1. The zero-order chi connectivity index (χ0) is 14.1. The summed E-state index contributed by atoms with van der Waals surface area (Å²) in [6.07, 6.45) is 1.45. The third-order valence-corrected chi connectivity index (χ3v) is 4.73. The summed E-state index contributed by atoms with van der Waals surface area (Å²) >= 11 is 9.71. The van der Waals surface area contributed by atoms with Crippen LogP contribution in [0.15, 0.2) is 36.4 Å². The molecule has 1 heterocycles. The van der Waals surface area contributed by atoms with Crippen molar-refractivity contribution in [3.05, 3.63) is 63.9 Å². The van der Waals surface area contributed by atoms with Crippen molar-refractivity contribution in [1.29, 1.82) is 0 Å². The Kier molecular flexibility index (Phi) is 3.99. The molecule has 4 heteroatoms. The molecule has 1 aliphatic rings. The molecule has 2 aromatic rings. The molecule has 0 aliphatic carbocycles. The highest BCUT2D eigenvalue weighted by molar-refractivity contribution is 9.09. The van der Waals surface area contributed by atoms with Crippen LogP contribution in [0.3, 0.4) is 0 Å². The van der Waals surface area contributed by atoms with Crippen LogP contribution in [0.25, 0.3) is 0 Å². The van der Waals surface area contributed by atoms with Crippen LogP contribution in [0.2, 0.25) is 5.02 Å². The van der Waals surface area contributed by atoms with E-state index in [0.29, 0.717) is 17.0 Å². The Morgan fingerprint density at radius 2 is 2.15 bits per heavy atom. The lowest BCUT2D eigenvalue weighted by atomic mass is 10.0. The smallest absolute Gasteiger partial charge is 0.127 e. The van der Waals surface area contributed by atoms with Crippen LogP contribution in [0, 0.1) is 5.82 Å². The van der Waals surface area contributed by atoms with Gasteiger partial charge < -0.3 is 4.74 Å². The van der Waals surface area contributed by atoms with Gasteiger partial charge in [0, 0.05) is 21.8 Å². The Bertz CT molecular complexity index is 624. The number of alkyl halides is 1. The molecule has 104 valence electrons. The summed E-state index contributed by atoms with van der Waals surface area (Å²) in [6.45, 7) is 0.741. The zero-order valence-electron chi connectivity index (χ0n) is 10.7. The van der Waals surface area contributed by atoms with Gasteiger partial charge in [0.25, 0.3) is 0 Å². The van der Waals surface area contributed by atoms with Crippen LogP contribution < -0.4 is 4.74 Å². The first kappa shape index (κ1) is 13.9. The van der Waals surface area contributed by atoms with Gasteiger partial charge in [0.1, 0.15) is 11.6 Å². The molecule has 20 heavy (non-hydrogen) atoms. The van der Waals surface area contributed by atoms with Gasteiger partial charge >= 0.3 is 0 Å². The lowest BCUT2D eigenvalue weighted by Gasteiger charge is -2.13. The maximum absolute atomic E-state index is 13.8. The molecular formula is C16H13BrClFO. The fraction of sp³-hybridized carbons (Fsp3) is 0.250. The molecule has 0 bridgehead atoms. The largest absolute Gasteiger partial charge is 0.493 e. The highest BCUT2D eigenvalue weighted by Crippen LogP contribution is 2.34. The second-order valence-electron chi connectivity index (χ2n) is 4.84. The van der Waals surface area contributed by atoms with E-state index in [1.807, 2.05) is 12.1 Å². The lowest BCUT2D eigenvalue weighted by molar-refractivity contribution is 0.357. The topological polar surface area (TPSA) is 9.23 Å². The van der Waals surface area contributed by atoms with Crippen LogP contribution in [0.5, 0.6) is 5.75 Å². The number of halogens is 3. The van der Waals surface area contributed by atoms with Gasteiger partial charge in [-0.3, -0.25) is 0 Å². The fourth-order valence-corrected chi connectivity index (χ4v) is 3.27. The average Bonchev–Trinajstić information content (AvgIpc) is 2.90. The predicted molar refractivity (Wildman–Crippen MR) is 82.4 cm³/mol. The first-order valence-electron chi connectivity index (χ1n) is 6.48. The van der Waals surface area contributed by atoms with Gasteiger partial charge in [-0.15, -0.1) is 0 Å². The molecule has 1 aliphatic heterocycles. The van der Waals surface area contributed by atoms with Crippen molar-refractivity contribution >= 4 is 27.5 Å². The molecule has 3 rings (SSSR count). The number of benzene rings is 2. The molecule has 0 aromatic heterocycles. The van der Waals surface area contributed by atoms with E-state index in [4.69, 9.17) is 16.3 Å². The molecule has 0 saturated heterocycles. The first-order valence-corrected chi connectivity index (χ1v) is 7.77. The van der Waals surface area contributed by atoms with Crippen LogP contribution in [-0.2, 0) is 12.8 Å². The summed E-state index contributed by atoms with van der Waals surface area (Å²) in [6, 6.07) is 10.9. The highest BCUT2D eigenvalue weighted by Gasteiger charge is 2.18. The Hall–Kier alpha value is -1.06. The molecule has 1 atom stereocenters. The quantitative estimate of drug-likeness (QED) is 0.697. The van der Waals surface area contributed by atoms with E-state index in [0.717, 1.165) is 24.3 Å². The minimum Gasteiger partial charge on any atom is -0.493 e. The van der Waals surface area contributed by atoms with Gasteiger partial charge in [0.15, 0.2) is 0 Å². The number of hydrogen-bond donors (Lipinski definition) is 0. The second kappa shape index (κ2) is 5.74. The maximum atomic E-state index is 13.8. The summed E-state index contributed by atoms with van der Waals surface area (Å²) in [5.41, 5.74) is 2.88. The molecule has 1 nitrogen and oxygen atoms in total. The summed E-state index contributed by atoms with van der Waals surface area (Å²) in [7, 11) is 0. The number of hydrogen-bond acceptors (Lipinski definition) is 1. The molecule has 1 unspecified atom stereocenters. The van der Waals surface area contributed by atoms with Crippen molar-refractivity contribution in [3.63, 3.8) is 0 Å². The minimum absolute atomic E-state index is 0.0304. The van der Waals surface area contributed by atoms with E-state index in [1.54, 1.807) is 12.1 Å². The van der Waals surface area contributed by atoms with Gasteiger partial charge in [-0.25, -0.2) is 4.39 Å². The van der Waals surface area contributed by atoms with Crippen molar-refractivity contribution in [2.24, 2.45) is 0 Å². The van der Waals surface area contributed by atoms with E-state index in [9.17, 15) is 4.39 Å². The number of rotatable bonds is 3. The predicted octanol–water partition coefficient (Wildman–Crippen LogP) is 5.09. The van der Waals surface area contributed by atoms with Gasteiger partial charge in [-0.1, -0.05) is 45.7 Å². The van der Waals surface area contributed by atoms with Crippen molar-refractivity contribution in [1.82, 2.24) is 0 Å². The summed E-state index contributed by atoms with van der Waals surface area (Å²) in [5, 5.41) is 0.471. The van der Waals surface area contributed by atoms with E-state index in [1.165, 1.54) is 11.6 Å². The summed E-state index contributed by atoms with van der Waals surface area (Å²) in [5.74, 6) is 0.698. The van der Waals surface area contributed by atoms with Crippen molar-refractivity contribution in [2.75, 3.05) is 6.61 Å². The van der Waals surface area contributed by atoms with Gasteiger partial charge in [-0.05, 0) is 35.7 Å². The standard InChI is InChI=1S/C16H13BrClFO/c17-13(9-12-14(18)2-1-3-15(12)19)10-4-5-16-11(8-10)6-7-20-16/h1-5,8,13H,6-7,9H2. The molecule has 0 N–H and O–H groups in total. The Morgan fingerprint density at radius 3 is 2.95 bits per heavy atom. The van der Waals surface area contributed by atoms with E-state index in [-0.39, 0.29) is 10.6 Å². The lowest BCUT2D eigenvalue weighted by Crippen LogP contribution is -1.99. The van der Waals surface area contributed by atoms with Gasteiger partial charge in [0.2, 0.25) is 0 Å². The normalized spacial score (nSPS) is 14.8. The molecule has 0 saturated carbocycles. The summed E-state index contributed by atoms with van der Waals surface area (Å²) in [4.78, 5) is 0.0304. The Labute approximate surface area is 130 Å². The molecule has 0 amide bonds. The third-order valence-electron chi connectivity index (χ3n) is 3.52. The second-order valence-corrected chi connectivity index (χ2v) is 6.35. The molecule has 2 aromatic carbocycles. The van der Waals surface area contributed by atoms with Crippen molar-refractivity contribution in [3.8, 4) is 5.75 Å². The van der Waals surface area contributed by atoms with E-state index in [2.05, 4.69) is 22.0 Å². The zero-order valence-corrected chi connectivity index (χ0v) is 13.0. The Morgan fingerprint density at radius 1 is 1.30 bits per heavy atom. The van der Waals surface area contributed by atoms with Crippen molar-refractivity contribution in [2.45, 2.75) is 17.7 Å². The fourth-order valence-electron chi connectivity index (χ4n) is 2.43. The highest BCUT2D eigenvalue weighted by atomic mass is 79.9. The molecule has 0 fully saturated rings. The maximum Gasteiger partial charge on any atom is 0.127 e.